The van der Waals surface area contributed by atoms with Crippen molar-refractivity contribution in [2.45, 2.75) is 40.7 Å². The maximum absolute atomic E-state index is 12.8. The molecule has 0 aliphatic heterocycles. The summed E-state index contributed by atoms with van der Waals surface area (Å²) in [6.07, 6.45) is 2.15. The summed E-state index contributed by atoms with van der Waals surface area (Å²) in [6.45, 7) is 11.2. The van der Waals surface area contributed by atoms with E-state index in [0.29, 0.717) is 11.6 Å². The summed E-state index contributed by atoms with van der Waals surface area (Å²) in [4.78, 5) is 12.8. The largest absolute Gasteiger partial charge is 0.465 e. The SMILES string of the molecule is COC(=O)c1c(-c2ccc(NCC=C(C)C)cc2)ccc(-c2ccc(NC(C)C)cc2)c1C. The average Bonchev–Trinajstić information content (AvgIpc) is 2.79. The second-order valence-electron chi connectivity index (χ2n) is 8.77. The molecule has 0 unspecified atom stereocenters. The van der Waals surface area contributed by atoms with Crippen molar-refractivity contribution in [3.63, 3.8) is 0 Å². The van der Waals surface area contributed by atoms with Crippen LogP contribution in [-0.4, -0.2) is 25.7 Å². The fourth-order valence-corrected chi connectivity index (χ4v) is 3.85. The lowest BCUT2D eigenvalue weighted by molar-refractivity contribution is 0.0601. The van der Waals surface area contributed by atoms with Crippen molar-refractivity contribution in [2.24, 2.45) is 0 Å². The number of esters is 1. The molecule has 0 saturated heterocycles. The molecular formula is C29H34N2O2. The van der Waals surface area contributed by atoms with Crippen LogP contribution in [0.2, 0.25) is 0 Å². The number of nitrogens with one attached hydrogen (secondary N) is 2. The van der Waals surface area contributed by atoms with Crippen LogP contribution in [0.3, 0.4) is 0 Å². The van der Waals surface area contributed by atoms with Crippen molar-refractivity contribution < 1.29 is 9.53 Å². The molecule has 0 bridgehead atoms. The fourth-order valence-electron chi connectivity index (χ4n) is 3.85. The fraction of sp³-hybridized carbons (Fsp3) is 0.276. The molecular weight excluding hydrogens is 408 g/mol. The number of carbonyl (C=O) groups is 1. The first-order valence-corrected chi connectivity index (χ1v) is 11.4. The molecule has 172 valence electrons. The lowest BCUT2D eigenvalue weighted by Crippen LogP contribution is -2.09. The van der Waals surface area contributed by atoms with Gasteiger partial charge in [0.15, 0.2) is 0 Å². The van der Waals surface area contributed by atoms with Gasteiger partial charge in [0, 0.05) is 24.0 Å². The molecule has 0 heterocycles. The van der Waals surface area contributed by atoms with Gasteiger partial charge in [-0.2, -0.15) is 0 Å². The Kier molecular flexibility index (Phi) is 7.94. The molecule has 3 aromatic rings. The molecule has 3 rings (SSSR count). The van der Waals surface area contributed by atoms with Gasteiger partial charge in [0.1, 0.15) is 0 Å². The standard InChI is InChI=1S/C29H34N2O2/c1-19(2)17-18-30-24-11-7-23(8-12-24)27-16-15-26(21(5)28(27)29(32)33-6)22-9-13-25(14-10-22)31-20(3)4/h7-17,20,30-31H,18H2,1-6H3. The van der Waals surface area contributed by atoms with Crippen molar-refractivity contribution in [3.05, 3.63) is 83.4 Å². The number of carbonyl (C=O) groups excluding carboxylic acids is 1. The lowest BCUT2D eigenvalue weighted by Gasteiger charge is -2.17. The Morgan fingerprint density at radius 3 is 1.97 bits per heavy atom. The maximum Gasteiger partial charge on any atom is 0.338 e. The molecule has 33 heavy (non-hydrogen) atoms. The monoisotopic (exact) mass is 442 g/mol. The van der Waals surface area contributed by atoms with E-state index in [-0.39, 0.29) is 5.97 Å². The normalized spacial score (nSPS) is 10.6. The van der Waals surface area contributed by atoms with Gasteiger partial charge in [0.05, 0.1) is 12.7 Å². The molecule has 0 radical (unpaired) electrons. The van der Waals surface area contributed by atoms with Crippen LogP contribution in [0, 0.1) is 6.92 Å². The van der Waals surface area contributed by atoms with Gasteiger partial charge in [-0.15, -0.1) is 0 Å². The van der Waals surface area contributed by atoms with Crippen LogP contribution < -0.4 is 10.6 Å². The Hall–Kier alpha value is -3.53. The molecule has 0 spiro atoms. The van der Waals surface area contributed by atoms with E-state index in [1.54, 1.807) is 0 Å². The van der Waals surface area contributed by atoms with Crippen LogP contribution in [0.4, 0.5) is 11.4 Å². The minimum Gasteiger partial charge on any atom is -0.465 e. The molecule has 3 aromatic carbocycles. The smallest absolute Gasteiger partial charge is 0.338 e. The second kappa shape index (κ2) is 10.9. The van der Waals surface area contributed by atoms with Gasteiger partial charge in [-0.05, 0) is 86.7 Å². The van der Waals surface area contributed by atoms with Crippen molar-refractivity contribution in [1.29, 1.82) is 0 Å². The number of anilines is 2. The van der Waals surface area contributed by atoms with Crippen LogP contribution in [0.1, 0.15) is 43.6 Å². The van der Waals surface area contributed by atoms with Crippen LogP contribution in [0.25, 0.3) is 22.3 Å². The molecule has 4 heteroatoms. The zero-order valence-electron chi connectivity index (χ0n) is 20.5. The number of hydrogen-bond acceptors (Lipinski definition) is 4. The van der Waals surface area contributed by atoms with Gasteiger partial charge in [-0.1, -0.05) is 48.0 Å². The van der Waals surface area contributed by atoms with Gasteiger partial charge in [0.25, 0.3) is 0 Å². The third kappa shape index (κ3) is 6.04. The number of methoxy groups -OCH3 is 1. The molecule has 0 aliphatic carbocycles. The Balaban J connectivity index is 1.96. The van der Waals surface area contributed by atoms with E-state index in [2.05, 4.69) is 74.7 Å². The average molecular weight is 443 g/mol. The third-order valence-electron chi connectivity index (χ3n) is 5.52. The molecule has 0 saturated carbocycles. The van der Waals surface area contributed by atoms with Gasteiger partial charge >= 0.3 is 5.97 Å². The Labute approximate surface area is 197 Å². The summed E-state index contributed by atoms with van der Waals surface area (Å²) in [5.74, 6) is -0.326. The minimum atomic E-state index is -0.326. The Morgan fingerprint density at radius 2 is 1.42 bits per heavy atom. The van der Waals surface area contributed by atoms with E-state index in [1.807, 2.05) is 37.3 Å². The summed E-state index contributed by atoms with van der Waals surface area (Å²) in [5, 5.41) is 6.80. The number of hydrogen-bond donors (Lipinski definition) is 2. The second-order valence-corrected chi connectivity index (χ2v) is 8.77. The Morgan fingerprint density at radius 1 is 0.879 bits per heavy atom. The van der Waals surface area contributed by atoms with Crippen molar-refractivity contribution >= 4 is 17.3 Å². The first-order chi connectivity index (χ1) is 15.8. The van der Waals surface area contributed by atoms with Crippen LogP contribution in [0.15, 0.2) is 72.3 Å². The van der Waals surface area contributed by atoms with E-state index in [9.17, 15) is 4.79 Å². The summed E-state index contributed by atoms with van der Waals surface area (Å²) in [5.41, 5.74) is 8.86. The lowest BCUT2D eigenvalue weighted by atomic mass is 9.89. The van der Waals surface area contributed by atoms with E-state index >= 15 is 0 Å². The number of ether oxygens (including phenoxy) is 1. The van der Waals surface area contributed by atoms with Crippen molar-refractivity contribution in [1.82, 2.24) is 0 Å². The summed E-state index contributed by atoms with van der Waals surface area (Å²) < 4.78 is 5.16. The highest BCUT2D eigenvalue weighted by molar-refractivity contribution is 6.01. The van der Waals surface area contributed by atoms with E-state index < -0.39 is 0 Å². The van der Waals surface area contributed by atoms with Crippen molar-refractivity contribution in [3.8, 4) is 22.3 Å². The number of allylic oxidation sites excluding steroid dienone is 1. The summed E-state index contributed by atoms with van der Waals surface area (Å²) >= 11 is 0. The van der Waals surface area contributed by atoms with Crippen LogP contribution in [-0.2, 0) is 4.74 Å². The summed E-state index contributed by atoms with van der Waals surface area (Å²) in [6, 6.07) is 20.9. The highest BCUT2D eigenvalue weighted by Crippen LogP contribution is 2.34. The maximum atomic E-state index is 12.8. The van der Waals surface area contributed by atoms with Crippen LogP contribution >= 0.6 is 0 Å². The number of rotatable bonds is 8. The molecule has 0 amide bonds. The number of benzene rings is 3. The zero-order chi connectivity index (χ0) is 24.0. The van der Waals surface area contributed by atoms with Gasteiger partial charge < -0.3 is 15.4 Å². The topological polar surface area (TPSA) is 50.4 Å². The minimum absolute atomic E-state index is 0.326. The third-order valence-corrected chi connectivity index (χ3v) is 5.52. The molecule has 0 aromatic heterocycles. The van der Waals surface area contributed by atoms with E-state index in [0.717, 1.165) is 45.7 Å². The molecule has 0 aliphatic rings. The molecule has 4 nitrogen and oxygen atoms in total. The van der Waals surface area contributed by atoms with Gasteiger partial charge in [-0.25, -0.2) is 4.79 Å². The molecule has 0 atom stereocenters. The van der Waals surface area contributed by atoms with E-state index in [4.69, 9.17) is 4.74 Å². The quantitative estimate of drug-likeness (QED) is 0.283. The predicted octanol–water partition coefficient (Wildman–Crippen LogP) is 7.31. The highest BCUT2D eigenvalue weighted by Gasteiger charge is 2.19. The zero-order valence-corrected chi connectivity index (χ0v) is 20.5. The van der Waals surface area contributed by atoms with Crippen LogP contribution in [0.5, 0.6) is 0 Å². The predicted molar refractivity (Wildman–Crippen MR) is 140 cm³/mol. The molecule has 2 N–H and O–H groups in total. The highest BCUT2D eigenvalue weighted by atomic mass is 16.5. The van der Waals surface area contributed by atoms with Crippen molar-refractivity contribution in [2.75, 3.05) is 24.3 Å². The van der Waals surface area contributed by atoms with E-state index in [1.165, 1.54) is 12.7 Å². The Bertz CT molecular complexity index is 1120. The first kappa shape index (κ1) is 24.1. The van der Waals surface area contributed by atoms with Gasteiger partial charge in [-0.3, -0.25) is 0 Å². The van der Waals surface area contributed by atoms with Gasteiger partial charge in [0.2, 0.25) is 0 Å². The first-order valence-electron chi connectivity index (χ1n) is 11.4. The summed E-state index contributed by atoms with van der Waals surface area (Å²) in [7, 11) is 1.43. The molecule has 0 fully saturated rings.